The lowest BCUT2D eigenvalue weighted by atomic mass is 10.1. The summed E-state index contributed by atoms with van der Waals surface area (Å²) in [5.74, 6) is 0. The SMILES string of the molecule is NC(=S)c1cccc(Cn2cnc3cc(Cl)c(Cl)cc32)c1. The summed E-state index contributed by atoms with van der Waals surface area (Å²) in [4.78, 5) is 4.73. The van der Waals surface area contributed by atoms with Crippen LogP contribution in [0.4, 0.5) is 0 Å². The van der Waals surface area contributed by atoms with Crippen LogP contribution in [0.5, 0.6) is 0 Å². The molecule has 1 heterocycles. The Hall–Kier alpha value is -1.62. The van der Waals surface area contributed by atoms with E-state index in [-0.39, 0.29) is 0 Å². The van der Waals surface area contributed by atoms with Crippen LogP contribution in [-0.2, 0) is 6.54 Å². The van der Waals surface area contributed by atoms with E-state index in [4.69, 9.17) is 41.2 Å². The van der Waals surface area contributed by atoms with Gasteiger partial charge >= 0.3 is 0 Å². The largest absolute Gasteiger partial charge is 0.389 e. The highest BCUT2D eigenvalue weighted by atomic mass is 35.5. The molecule has 6 heteroatoms. The molecule has 0 radical (unpaired) electrons. The summed E-state index contributed by atoms with van der Waals surface area (Å²) in [6, 6.07) is 11.4. The zero-order valence-electron chi connectivity index (χ0n) is 10.9. The first-order valence-electron chi connectivity index (χ1n) is 6.23. The molecule has 21 heavy (non-hydrogen) atoms. The maximum absolute atomic E-state index is 6.08. The first-order valence-corrected chi connectivity index (χ1v) is 7.39. The summed E-state index contributed by atoms with van der Waals surface area (Å²) >= 11 is 17.1. The number of imidazole rings is 1. The highest BCUT2D eigenvalue weighted by Gasteiger charge is 2.08. The summed E-state index contributed by atoms with van der Waals surface area (Å²) in [7, 11) is 0. The fourth-order valence-corrected chi connectivity index (χ4v) is 2.64. The minimum atomic E-state index is 0.391. The average Bonchev–Trinajstić information content (AvgIpc) is 2.82. The van der Waals surface area contributed by atoms with Gasteiger partial charge in [-0.2, -0.15) is 0 Å². The molecule has 0 fully saturated rings. The predicted molar refractivity (Wildman–Crippen MR) is 91.2 cm³/mol. The quantitative estimate of drug-likeness (QED) is 0.735. The maximum atomic E-state index is 6.08. The van der Waals surface area contributed by atoms with Crippen molar-refractivity contribution in [3.8, 4) is 0 Å². The number of nitrogens with two attached hydrogens (primary N) is 1. The molecule has 106 valence electrons. The minimum absolute atomic E-state index is 0.391. The van der Waals surface area contributed by atoms with Crippen LogP contribution in [-0.4, -0.2) is 14.5 Å². The number of halogens is 2. The Morgan fingerprint density at radius 1 is 1.19 bits per heavy atom. The Bertz CT molecular complexity index is 842. The molecular formula is C15H11Cl2N3S. The van der Waals surface area contributed by atoms with Gasteiger partial charge in [-0.05, 0) is 23.8 Å². The van der Waals surface area contributed by atoms with E-state index in [9.17, 15) is 0 Å². The van der Waals surface area contributed by atoms with Gasteiger partial charge in [0.2, 0.25) is 0 Å². The molecule has 1 aromatic heterocycles. The summed E-state index contributed by atoms with van der Waals surface area (Å²) in [5.41, 5.74) is 9.36. The number of nitrogens with zero attached hydrogens (tertiary/aromatic N) is 2. The van der Waals surface area contributed by atoms with Gasteiger partial charge in [0.15, 0.2) is 0 Å². The summed E-state index contributed by atoms with van der Waals surface area (Å²) in [6.07, 6.45) is 1.77. The van der Waals surface area contributed by atoms with Crippen LogP contribution in [0.15, 0.2) is 42.7 Å². The van der Waals surface area contributed by atoms with Crippen LogP contribution in [0.1, 0.15) is 11.1 Å². The van der Waals surface area contributed by atoms with Crippen molar-refractivity contribution in [2.24, 2.45) is 5.73 Å². The molecule has 0 aliphatic rings. The van der Waals surface area contributed by atoms with E-state index >= 15 is 0 Å². The summed E-state index contributed by atoms with van der Waals surface area (Å²) in [5, 5.41) is 1.02. The molecule has 0 spiro atoms. The second-order valence-electron chi connectivity index (χ2n) is 4.69. The van der Waals surface area contributed by atoms with Crippen molar-refractivity contribution < 1.29 is 0 Å². The van der Waals surface area contributed by atoms with Crippen molar-refractivity contribution in [2.45, 2.75) is 6.54 Å². The van der Waals surface area contributed by atoms with Gasteiger partial charge in [-0.1, -0.05) is 53.6 Å². The molecule has 2 N–H and O–H groups in total. The molecule has 0 aliphatic carbocycles. The number of aromatic nitrogens is 2. The van der Waals surface area contributed by atoms with E-state index in [1.54, 1.807) is 12.4 Å². The van der Waals surface area contributed by atoms with E-state index < -0.39 is 0 Å². The first-order chi connectivity index (χ1) is 10.0. The van der Waals surface area contributed by atoms with Crippen LogP contribution >= 0.6 is 35.4 Å². The minimum Gasteiger partial charge on any atom is -0.389 e. The Balaban J connectivity index is 2.00. The van der Waals surface area contributed by atoms with E-state index in [2.05, 4.69) is 4.98 Å². The third-order valence-electron chi connectivity index (χ3n) is 3.23. The van der Waals surface area contributed by atoms with Crippen molar-refractivity contribution in [2.75, 3.05) is 0 Å². The monoisotopic (exact) mass is 335 g/mol. The predicted octanol–water partition coefficient (Wildman–Crippen LogP) is 4.03. The third-order valence-corrected chi connectivity index (χ3v) is 4.19. The summed E-state index contributed by atoms with van der Waals surface area (Å²) < 4.78 is 2.01. The molecule has 0 saturated heterocycles. The van der Waals surface area contributed by atoms with Gasteiger partial charge in [0.25, 0.3) is 0 Å². The average molecular weight is 336 g/mol. The van der Waals surface area contributed by atoms with Crippen LogP contribution in [0.25, 0.3) is 11.0 Å². The molecule has 3 nitrogen and oxygen atoms in total. The van der Waals surface area contributed by atoms with Crippen LogP contribution < -0.4 is 5.73 Å². The molecular weight excluding hydrogens is 325 g/mol. The van der Waals surface area contributed by atoms with Gasteiger partial charge < -0.3 is 10.3 Å². The lowest BCUT2D eigenvalue weighted by Crippen LogP contribution is -2.10. The van der Waals surface area contributed by atoms with Gasteiger partial charge in [0.1, 0.15) is 4.99 Å². The number of rotatable bonds is 3. The Labute approximate surface area is 137 Å². The Morgan fingerprint density at radius 3 is 2.71 bits per heavy atom. The van der Waals surface area contributed by atoms with Crippen LogP contribution in [0, 0.1) is 0 Å². The first kappa shape index (κ1) is 14.3. The number of hydrogen-bond donors (Lipinski definition) is 1. The smallest absolute Gasteiger partial charge is 0.103 e. The highest BCUT2D eigenvalue weighted by molar-refractivity contribution is 7.80. The molecule has 0 bridgehead atoms. The molecule has 0 atom stereocenters. The third kappa shape index (κ3) is 2.88. The summed E-state index contributed by atoms with van der Waals surface area (Å²) in [6.45, 7) is 0.658. The molecule has 0 amide bonds. The van der Waals surface area contributed by atoms with E-state index in [0.29, 0.717) is 21.6 Å². The lowest BCUT2D eigenvalue weighted by molar-refractivity contribution is 0.824. The molecule has 3 aromatic rings. The molecule has 0 unspecified atom stereocenters. The number of hydrogen-bond acceptors (Lipinski definition) is 2. The Kier molecular flexibility index (Phi) is 3.85. The number of fused-ring (bicyclic) bond motifs is 1. The number of benzene rings is 2. The zero-order valence-corrected chi connectivity index (χ0v) is 13.2. The van der Waals surface area contributed by atoms with Crippen molar-refractivity contribution in [1.82, 2.24) is 9.55 Å². The fourth-order valence-electron chi connectivity index (χ4n) is 2.20. The topological polar surface area (TPSA) is 43.8 Å². The maximum Gasteiger partial charge on any atom is 0.103 e. The van der Waals surface area contributed by atoms with Crippen LogP contribution in [0.3, 0.4) is 0 Å². The molecule has 2 aromatic carbocycles. The van der Waals surface area contributed by atoms with Gasteiger partial charge in [0.05, 0.1) is 27.4 Å². The lowest BCUT2D eigenvalue weighted by Gasteiger charge is -2.07. The highest BCUT2D eigenvalue weighted by Crippen LogP contribution is 2.27. The molecule has 3 rings (SSSR count). The standard InChI is InChI=1S/C15H11Cl2N3S/c16-11-5-13-14(6-12(11)17)20(8-19-13)7-9-2-1-3-10(4-9)15(18)21/h1-6,8H,7H2,(H2,18,21). The van der Waals surface area contributed by atoms with Gasteiger partial charge in [0, 0.05) is 12.1 Å². The Morgan fingerprint density at radius 2 is 1.95 bits per heavy atom. The fraction of sp³-hybridized carbons (Fsp3) is 0.0667. The van der Waals surface area contributed by atoms with Gasteiger partial charge in [-0.25, -0.2) is 4.98 Å². The molecule has 0 saturated carbocycles. The van der Waals surface area contributed by atoms with Crippen molar-refractivity contribution >= 4 is 51.4 Å². The van der Waals surface area contributed by atoms with Crippen molar-refractivity contribution in [3.63, 3.8) is 0 Å². The van der Waals surface area contributed by atoms with Gasteiger partial charge in [-0.15, -0.1) is 0 Å². The second kappa shape index (κ2) is 5.64. The normalized spacial score (nSPS) is 11.0. The second-order valence-corrected chi connectivity index (χ2v) is 5.95. The molecule has 0 aliphatic heterocycles. The van der Waals surface area contributed by atoms with E-state index in [1.807, 2.05) is 34.9 Å². The van der Waals surface area contributed by atoms with Gasteiger partial charge in [-0.3, -0.25) is 0 Å². The number of thiocarbonyl (C=S) groups is 1. The van der Waals surface area contributed by atoms with Crippen molar-refractivity contribution in [3.05, 3.63) is 63.9 Å². The van der Waals surface area contributed by atoms with E-state index in [1.165, 1.54) is 0 Å². The van der Waals surface area contributed by atoms with Crippen molar-refractivity contribution in [1.29, 1.82) is 0 Å². The van der Waals surface area contributed by atoms with Crippen LogP contribution in [0.2, 0.25) is 10.0 Å². The van der Waals surface area contributed by atoms with E-state index in [0.717, 1.165) is 22.2 Å². The zero-order chi connectivity index (χ0) is 15.0.